The molecule has 0 spiro atoms. The Labute approximate surface area is 101 Å². The highest BCUT2D eigenvalue weighted by molar-refractivity contribution is 6.73. The van der Waals surface area contributed by atoms with Crippen LogP contribution in [-0.2, 0) is 4.43 Å². The Bertz CT molecular complexity index is 241. The van der Waals surface area contributed by atoms with E-state index in [2.05, 4.69) is 26.8 Å². The number of nitrogens with zero attached hydrogens (tertiary/aromatic N) is 1. The quantitative estimate of drug-likeness (QED) is 0.672. The lowest BCUT2D eigenvalue weighted by molar-refractivity contribution is 0.0727. The molecule has 0 heterocycles. The van der Waals surface area contributed by atoms with Crippen molar-refractivity contribution in [2.75, 3.05) is 0 Å². The number of hydrogen-bond acceptors (Lipinski definition) is 2. The van der Waals surface area contributed by atoms with Crippen molar-refractivity contribution in [1.82, 2.24) is 0 Å². The van der Waals surface area contributed by atoms with Gasteiger partial charge in [-0.2, -0.15) is 5.26 Å². The second kappa shape index (κ2) is 5.84. The smallest absolute Gasteiger partial charge is 0.194 e. The van der Waals surface area contributed by atoms with Crippen LogP contribution in [0, 0.1) is 11.3 Å². The predicted molar refractivity (Wildman–Crippen MR) is 69.7 cm³/mol. The Morgan fingerprint density at radius 3 is 1.94 bits per heavy atom. The normalized spacial score (nSPS) is 20.4. The molecule has 0 aromatic rings. The minimum Gasteiger partial charge on any atom is -0.399 e. The van der Waals surface area contributed by atoms with E-state index in [0.29, 0.717) is 0 Å². The van der Waals surface area contributed by atoms with Gasteiger partial charge in [0.15, 0.2) is 8.32 Å². The van der Waals surface area contributed by atoms with Gasteiger partial charge >= 0.3 is 0 Å². The average Bonchev–Trinajstić information content (AvgIpc) is 2.37. The molecular weight excluding hydrogens is 214 g/mol. The van der Waals surface area contributed by atoms with Crippen LogP contribution in [0.1, 0.15) is 52.9 Å². The Morgan fingerprint density at radius 2 is 1.56 bits per heavy atom. The van der Waals surface area contributed by atoms with Gasteiger partial charge in [0.25, 0.3) is 0 Å². The van der Waals surface area contributed by atoms with Gasteiger partial charge in [-0.25, -0.2) is 0 Å². The molecule has 0 amide bonds. The molecule has 16 heavy (non-hydrogen) atoms. The van der Waals surface area contributed by atoms with Crippen molar-refractivity contribution in [3.8, 4) is 6.07 Å². The van der Waals surface area contributed by atoms with Gasteiger partial charge in [-0.3, -0.25) is 0 Å². The maximum Gasteiger partial charge on any atom is 0.194 e. The third-order valence-electron chi connectivity index (χ3n) is 4.21. The fraction of sp³-hybridized carbons (Fsp3) is 0.923. The molecule has 1 aliphatic rings. The zero-order valence-electron chi connectivity index (χ0n) is 11.0. The Kier molecular flexibility index (Phi) is 5.01. The zero-order valence-corrected chi connectivity index (χ0v) is 12.0. The molecule has 0 unspecified atom stereocenters. The summed E-state index contributed by atoms with van der Waals surface area (Å²) in [4.78, 5) is 0. The fourth-order valence-electron chi connectivity index (χ4n) is 2.74. The van der Waals surface area contributed by atoms with Crippen LogP contribution in [0.25, 0.3) is 0 Å². The van der Waals surface area contributed by atoms with Gasteiger partial charge in [-0.1, -0.05) is 27.2 Å². The van der Waals surface area contributed by atoms with Gasteiger partial charge in [-0.05, 0) is 43.8 Å². The van der Waals surface area contributed by atoms with Crippen molar-refractivity contribution in [1.29, 1.82) is 5.26 Å². The molecular formula is C13H25NOSi. The van der Waals surface area contributed by atoms with E-state index in [-0.39, 0.29) is 0 Å². The summed E-state index contributed by atoms with van der Waals surface area (Å²) in [7, 11) is -1.62. The lowest BCUT2D eigenvalue weighted by atomic mass is 9.86. The summed E-state index contributed by atoms with van der Waals surface area (Å²) >= 11 is 0. The fourth-order valence-corrected chi connectivity index (χ4v) is 5.75. The molecule has 0 atom stereocenters. The summed E-state index contributed by atoms with van der Waals surface area (Å²) in [5, 5.41) is 9.44. The molecule has 0 aromatic heterocycles. The lowest BCUT2D eigenvalue weighted by Crippen LogP contribution is -2.47. The average molecular weight is 239 g/mol. The summed E-state index contributed by atoms with van der Waals surface area (Å²) < 4.78 is 6.44. The van der Waals surface area contributed by atoms with Gasteiger partial charge in [0.1, 0.15) is 5.60 Å². The largest absolute Gasteiger partial charge is 0.399 e. The first-order valence-electron chi connectivity index (χ1n) is 6.77. The van der Waals surface area contributed by atoms with E-state index in [0.717, 1.165) is 43.8 Å². The molecule has 92 valence electrons. The van der Waals surface area contributed by atoms with Crippen molar-refractivity contribution in [2.24, 2.45) is 0 Å². The van der Waals surface area contributed by atoms with Gasteiger partial charge in [-0.15, -0.1) is 0 Å². The van der Waals surface area contributed by atoms with E-state index in [1.165, 1.54) is 6.42 Å². The molecule has 0 radical (unpaired) electrons. The minimum absolute atomic E-state index is 0.424. The third kappa shape index (κ3) is 2.86. The lowest BCUT2D eigenvalue weighted by Gasteiger charge is -2.40. The predicted octanol–water partition coefficient (Wildman–Crippen LogP) is 4.23. The van der Waals surface area contributed by atoms with Crippen LogP contribution in [0.5, 0.6) is 0 Å². The maximum atomic E-state index is 9.44. The van der Waals surface area contributed by atoms with E-state index in [9.17, 15) is 5.26 Å². The van der Waals surface area contributed by atoms with Crippen LogP contribution in [-0.4, -0.2) is 13.9 Å². The topological polar surface area (TPSA) is 33.0 Å². The van der Waals surface area contributed by atoms with Crippen LogP contribution in [0.3, 0.4) is 0 Å². The summed E-state index contributed by atoms with van der Waals surface area (Å²) in [5.74, 6) is 0. The van der Waals surface area contributed by atoms with Crippen molar-refractivity contribution in [3.63, 3.8) is 0 Å². The van der Waals surface area contributed by atoms with Gasteiger partial charge < -0.3 is 4.43 Å². The molecule has 0 N–H and O–H groups in total. The second-order valence-corrected chi connectivity index (χ2v) is 9.70. The molecule has 3 heteroatoms. The molecule has 2 nitrogen and oxygen atoms in total. The maximum absolute atomic E-state index is 9.44. The van der Waals surface area contributed by atoms with Gasteiger partial charge in [0.05, 0.1) is 6.07 Å². The SMILES string of the molecule is CC[Si](CC)(CC)OC1(C#N)CCCCC1. The van der Waals surface area contributed by atoms with E-state index >= 15 is 0 Å². The Hall–Kier alpha value is -0.333. The minimum atomic E-state index is -1.62. The molecule has 1 rings (SSSR count). The highest BCUT2D eigenvalue weighted by atomic mass is 28.4. The van der Waals surface area contributed by atoms with Gasteiger partial charge in [0.2, 0.25) is 0 Å². The molecule has 1 aliphatic carbocycles. The van der Waals surface area contributed by atoms with Crippen LogP contribution in [0.2, 0.25) is 18.1 Å². The first-order chi connectivity index (χ1) is 7.66. The highest BCUT2D eigenvalue weighted by Gasteiger charge is 2.41. The standard InChI is InChI=1S/C13H25NOSi/c1-4-16(5-2,6-3)15-13(12-14)10-8-7-9-11-13/h4-11H2,1-3H3. The van der Waals surface area contributed by atoms with Crippen molar-refractivity contribution >= 4 is 8.32 Å². The van der Waals surface area contributed by atoms with Crippen LogP contribution >= 0.6 is 0 Å². The number of nitriles is 1. The van der Waals surface area contributed by atoms with E-state index in [4.69, 9.17) is 4.43 Å². The van der Waals surface area contributed by atoms with Crippen LogP contribution in [0.4, 0.5) is 0 Å². The van der Waals surface area contributed by atoms with Crippen LogP contribution in [0.15, 0.2) is 0 Å². The molecule has 1 saturated carbocycles. The van der Waals surface area contributed by atoms with Gasteiger partial charge in [0, 0.05) is 0 Å². The van der Waals surface area contributed by atoms with Crippen molar-refractivity contribution in [3.05, 3.63) is 0 Å². The second-order valence-electron chi connectivity index (χ2n) is 5.01. The summed E-state index contributed by atoms with van der Waals surface area (Å²) in [5.41, 5.74) is -0.424. The number of hydrogen-bond donors (Lipinski definition) is 0. The van der Waals surface area contributed by atoms with Crippen molar-refractivity contribution < 1.29 is 4.43 Å². The molecule has 0 aromatic carbocycles. The summed E-state index contributed by atoms with van der Waals surface area (Å²) in [6, 6.07) is 5.92. The summed E-state index contributed by atoms with van der Waals surface area (Å²) in [6.07, 6.45) is 5.51. The third-order valence-corrected chi connectivity index (χ3v) is 8.90. The molecule has 1 fully saturated rings. The number of rotatable bonds is 5. The molecule has 0 aliphatic heterocycles. The van der Waals surface area contributed by atoms with E-state index in [1.807, 2.05) is 0 Å². The Morgan fingerprint density at radius 1 is 1.06 bits per heavy atom. The summed E-state index contributed by atoms with van der Waals surface area (Å²) in [6.45, 7) is 6.69. The highest BCUT2D eigenvalue weighted by Crippen LogP contribution is 2.36. The van der Waals surface area contributed by atoms with E-state index < -0.39 is 13.9 Å². The zero-order chi connectivity index (χ0) is 12.1. The Balaban J connectivity index is 2.78. The van der Waals surface area contributed by atoms with Crippen molar-refractivity contribution in [2.45, 2.75) is 76.6 Å². The molecule has 0 saturated heterocycles. The molecule has 0 bridgehead atoms. The first-order valence-corrected chi connectivity index (χ1v) is 9.30. The van der Waals surface area contributed by atoms with E-state index in [1.54, 1.807) is 0 Å². The first kappa shape index (κ1) is 13.7. The monoisotopic (exact) mass is 239 g/mol. The van der Waals surface area contributed by atoms with Crippen LogP contribution < -0.4 is 0 Å².